The highest BCUT2D eigenvalue weighted by Crippen LogP contribution is 2.42. The molecule has 0 saturated heterocycles. The van der Waals surface area contributed by atoms with Crippen LogP contribution in [0.25, 0.3) is 22.5 Å². The Labute approximate surface area is 427 Å². The second-order valence-electron chi connectivity index (χ2n) is 18.2. The Kier molecular flexibility index (Phi) is 16.5. The number of hydrogen-bond donors (Lipinski definition) is 6. The fraction of sp³-hybridized carbons (Fsp3) is 0.294. The van der Waals surface area contributed by atoms with Crippen molar-refractivity contribution in [3.8, 4) is 22.5 Å². The molecule has 0 unspecified atom stereocenters. The zero-order valence-corrected chi connectivity index (χ0v) is 42.0. The molecule has 4 aromatic carbocycles. The van der Waals surface area contributed by atoms with Gasteiger partial charge in [0.2, 0.25) is 11.9 Å². The molecule has 0 bridgehead atoms. The van der Waals surface area contributed by atoms with Crippen LogP contribution in [0.5, 0.6) is 0 Å². The summed E-state index contributed by atoms with van der Waals surface area (Å²) >= 11 is 0. The molecule has 0 spiro atoms. The van der Waals surface area contributed by atoms with E-state index in [1.165, 1.54) is 38.1 Å². The summed E-state index contributed by atoms with van der Waals surface area (Å²) in [6, 6.07) is 9.47. The Morgan fingerprint density at radius 2 is 1.01 bits per heavy atom. The number of anilines is 6. The van der Waals surface area contributed by atoms with Crippen LogP contribution >= 0.6 is 0 Å². The van der Waals surface area contributed by atoms with E-state index < -0.39 is 70.2 Å². The number of nitrogens with one attached hydrogen (secondary N) is 5. The Bertz CT molecular complexity index is 3180. The lowest BCUT2D eigenvalue weighted by atomic mass is 9.97. The normalized spacial score (nSPS) is 13.0. The second-order valence-corrected chi connectivity index (χ2v) is 18.2. The molecule has 2 aliphatic heterocycles. The molecule has 18 nitrogen and oxygen atoms in total. The number of hydrogen-bond acceptors (Lipinski definition) is 12. The van der Waals surface area contributed by atoms with Gasteiger partial charge in [0.1, 0.15) is 46.3 Å². The number of carboxylic acids is 1. The minimum absolute atomic E-state index is 0.0163. The van der Waals surface area contributed by atoms with Crippen LogP contribution < -0.4 is 36.4 Å². The first-order chi connectivity index (χ1) is 35.6. The molecule has 0 fully saturated rings. The number of rotatable bonds is 15. The maximum absolute atomic E-state index is 15.1. The lowest BCUT2D eigenvalue weighted by Crippen LogP contribution is -2.43. The monoisotopic (exact) mass is 1040 g/mol. The summed E-state index contributed by atoms with van der Waals surface area (Å²) in [5, 5.41) is 23.4. The van der Waals surface area contributed by atoms with E-state index in [1.807, 2.05) is 38.0 Å². The number of amides is 5. The SMILES string of the molecule is Cc1c(F)cc(C(=O)NC(C)C)cc1-c1nc(NCCN(C)C)nc2c1CNC(=O)N2c1c(F)cccc1F.Cc1c(F)cc(C(=O)O)cc1-c1nc(NCCN(C)C)nc2c1CNC(=O)N2c1c(F)cccc1F. The molecule has 2 aliphatic rings. The Balaban J connectivity index is 0.000000219. The Morgan fingerprint density at radius 3 is 1.39 bits per heavy atom. The molecule has 394 valence electrons. The summed E-state index contributed by atoms with van der Waals surface area (Å²) < 4.78 is 89.0. The van der Waals surface area contributed by atoms with Crippen LogP contribution in [0.4, 0.5) is 70.8 Å². The molecule has 2 aromatic heterocycles. The van der Waals surface area contributed by atoms with Crippen LogP contribution in [0.1, 0.15) is 56.8 Å². The molecule has 6 aromatic rings. The van der Waals surface area contributed by atoms with E-state index in [2.05, 4.69) is 46.5 Å². The maximum Gasteiger partial charge on any atom is 0.335 e. The molecular formula is C51H53F6N13O5. The van der Waals surface area contributed by atoms with Gasteiger partial charge in [-0.3, -0.25) is 4.79 Å². The van der Waals surface area contributed by atoms with Crippen molar-refractivity contribution in [2.45, 2.75) is 46.8 Å². The number of fused-ring (bicyclic) bond motifs is 2. The molecule has 8 rings (SSSR count). The van der Waals surface area contributed by atoms with Gasteiger partial charge in [-0.1, -0.05) is 12.1 Å². The van der Waals surface area contributed by atoms with Crippen molar-refractivity contribution in [3.05, 3.63) is 129 Å². The molecule has 24 heteroatoms. The standard InChI is InChI=1S/C27H30F3N7O2.C24H23F3N6O3/c1-14(2)33-25(38)16-11-17(15(3)21(30)12-16)22-18-13-32-27(39)37(23-19(28)7-6-8-20(23)29)24(18)35-26(34-22)31-9-10-36(4)5;1-12-14(9-13(22(34)35)10-18(12)27)19-15-11-29-24(36)33(20-16(25)5-4-6-17(20)26)21(15)31-23(30-19)28-7-8-32(2)3/h6-8,11-12,14H,9-10,13H2,1-5H3,(H,32,39)(H,33,38)(H,31,34,35);4-6,9-10H,7-8,11H2,1-3H3,(H,29,36)(H,34,35)(H,28,30,31). The molecular weight excluding hydrogens is 989 g/mol. The fourth-order valence-electron chi connectivity index (χ4n) is 7.97. The smallest absolute Gasteiger partial charge is 0.335 e. The lowest BCUT2D eigenvalue weighted by molar-refractivity contribution is 0.0696. The average Bonchev–Trinajstić information content (AvgIpc) is 3.33. The van der Waals surface area contributed by atoms with Crippen molar-refractivity contribution in [1.29, 1.82) is 0 Å². The number of benzene rings is 4. The number of likely N-dealkylation sites (N-methyl/N-ethyl adjacent to an activating group) is 2. The van der Waals surface area contributed by atoms with E-state index in [9.17, 15) is 46.2 Å². The van der Waals surface area contributed by atoms with Crippen LogP contribution in [0.15, 0.2) is 60.7 Å². The van der Waals surface area contributed by atoms with Gasteiger partial charge < -0.3 is 41.5 Å². The van der Waals surface area contributed by atoms with E-state index in [1.54, 1.807) is 13.8 Å². The topological polar surface area (TPSA) is 213 Å². The summed E-state index contributed by atoms with van der Waals surface area (Å²) in [6.45, 7) is 8.35. The van der Waals surface area contributed by atoms with Crippen molar-refractivity contribution in [1.82, 2.24) is 45.7 Å². The van der Waals surface area contributed by atoms with E-state index in [0.717, 1.165) is 46.2 Å². The van der Waals surface area contributed by atoms with Gasteiger partial charge in [0.15, 0.2) is 11.6 Å². The lowest BCUT2D eigenvalue weighted by Gasteiger charge is -2.31. The third-order valence-corrected chi connectivity index (χ3v) is 11.8. The Morgan fingerprint density at radius 1 is 0.627 bits per heavy atom. The second kappa shape index (κ2) is 22.8. The minimum atomic E-state index is -1.34. The van der Waals surface area contributed by atoms with Gasteiger partial charge in [-0.2, -0.15) is 9.97 Å². The molecule has 6 N–H and O–H groups in total. The van der Waals surface area contributed by atoms with E-state index in [0.29, 0.717) is 31.7 Å². The highest BCUT2D eigenvalue weighted by atomic mass is 19.2. The van der Waals surface area contributed by atoms with E-state index in [4.69, 9.17) is 0 Å². The van der Waals surface area contributed by atoms with Crippen molar-refractivity contribution < 1.29 is 50.6 Å². The van der Waals surface area contributed by atoms with Crippen molar-refractivity contribution in [2.75, 3.05) is 74.8 Å². The molecule has 4 heterocycles. The van der Waals surface area contributed by atoms with Gasteiger partial charge in [0.25, 0.3) is 5.91 Å². The van der Waals surface area contributed by atoms with Crippen LogP contribution in [0, 0.1) is 48.8 Å². The van der Waals surface area contributed by atoms with E-state index in [-0.39, 0.29) is 93.0 Å². The van der Waals surface area contributed by atoms with Crippen LogP contribution in [0.2, 0.25) is 0 Å². The first-order valence-electron chi connectivity index (χ1n) is 23.3. The number of halogens is 6. The number of aromatic nitrogens is 4. The van der Waals surface area contributed by atoms with Gasteiger partial charge in [0.05, 0.1) is 30.0 Å². The Hall–Kier alpha value is -8.38. The third-order valence-electron chi connectivity index (χ3n) is 11.8. The number of carbonyl (C=O) groups is 4. The predicted molar refractivity (Wildman–Crippen MR) is 269 cm³/mol. The van der Waals surface area contributed by atoms with Crippen molar-refractivity contribution in [3.63, 3.8) is 0 Å². The summed E-state index contributed by atoms with van der Waals surface area (Å²) in [6.07, 6.45) is 0. The van der Waals surface area contributed by atoms with Gasteiger partial charge >= 0.3 is 18.0 Å². The minimum Gasteiger partial charge on any atom is -0.478 e. The molecule has 0 atom stereocenters. The van der Waals surface area contributed by atoms with Gasteiger partial charge in [-0.05, 0) is 116 Å². The number of urea groups is 2. The van der Waals surface area contributed by atoms with Crippen molar-refractivity contribution >= 4 is 58.8 Å². The molecule has 0 radical (unpaired) electrons. The maximum atomic E-state index is 15.1. The van der Waals surface area contributed by atoms with E-state index >= 15 is 4.39 Å². The van der Waals surface area contributed by atoms with Gasteiger partial charge in [-0.15, -0.1) is 0 Å². The summed E-state index contributed by atoms with van der Waals surface area (Å²) in [5.74, 6) is -7.20. The number of carboxylic acid groups (broad SMARTS) is 1. The third kappa shape index (κ3) is 11.9. The van der Waals surface area contributed by atoms with Crippen LogP contribution in [-0.2, 0) is 13.1 Å². The van der Waals surface area contributed by atoms with Crippen LogP contribution in [0.3, 0.4) is 0 Å². The average molecular weight is 1040 g/mol. The first kappa shape index (κ1) is 54.4. The number of carbonyl (C=O) groups excluding carboxylic acids is 3. The number of para-hydroxylation sites is 2. The van der Waals surface area contributed by atoms with Crippen molar-refractivity contribution in [2.24, 2.45) is 0 Å². The fourth-order valence-corrected chi connectivity index (χ4v) is 7.97. The highest BCUT2D eigenvalue weighted by molar-refractivity contribution is 6.04. The summed E-state index contributed by atoms with van der Waals surface area (Å²) in [7, 11) is 7.48. The van der Waals surface area contributed by atoms with Gasteiger partial charge in [0, 0.05) is 60.0 Å². The summed E-state index contributed by atoms with van der Waals surface area (Å²) in [4.78, 5) is 73.5. The number of aromatic carboxylic acids is 1. The predicted octanol–water partition coefficient (Wildman–Crippen LogP) is 8.24. The summed E-state index contributed by atoms with van der Waals surface area (Å²) in [5.41, 5.74) is 0.146. The molecule has 75 heavy (non-hydrogen) atoms. The van der Waals surface area contributed by atoms with Crippen LogP contribution in [-0.4, -0.2) is 119 Å². The largest absolute Gasteiger partial charge is 0.478 e. The first-order valence-corrected chi connectivity index (χ1v) is 23.3. The highest BCUT2D eigenvalue weighted by Gasteiger charge is 2.36. The zero-order valence-electron chi connectivity index (χ0n) is 42.0. The zero-order chi connectivity index (χ0) is 54.6. The molecule has 5 amide bonds. The van der Waals surface area contributed by atoms with Gasteiger partial charge in [-0.25, -0.2) is 60.5 Å². The molecule has 0 saturated carbocycles. The number of nitrogens with zero attached hydrogens (tertiary/aromatic N) is 8. The quantitative estimate of drug-likeness (QED) is 0.0536. The molecule has 0 aliphatic carbocycles.